The van der Waals surface area contributed by atoms with Crippen LogP contribution < -0.4 is 10.1 Å². The fourth-order valence-electron chi connectivity index (χ4n) is 2.70. The van der Waals surface area contributed by atoms with E-state index in [9.17, 15) is 9.18 Å². The minimum Gasteiger partial charge on any atom is -0.494 e. The van der Waals surface area contributed by atoms with E-state index in [1.165, 1.54) is 25.3 Å². The summed E-state index contributed by atoms with van der Waals surface area (Å²) >= 11 is 0. The molecule has 0 spiro atoms. The zero-order chi connectivity index (χ0) is 15.9. The van der Waals surface area contributed by atoms with Gasteiger partial charge in [-0.15, -0.1) is 0 Å². The Morgan fingerprint density at radius 3 is 2.73 bits per heavy atom. The number of aliphatic hydroxyl groups excluding tert-OH is 1. The molecule has 1 aromatic rings. The van der Waals surface area contributed by atoms with E-state index in [0.29, 0.717) is 11.5 Å². The maximum atomic E-state index is 13.5. The molecule has 0 bridgehead atoms. The van der Waals surface area contributed by atoms with Crippen molar-refractivity contribution in [2.75, 3.05) is 13.7 Å². The molecule has 0 aliphatic heterocycles. The van der Waals surface area contributed by atoms with Gasteiger partial charge in [0, 0.05) is 18.7 Å². The van der Waals surface area contributed by atoms with Crippen molar-refractivity contribution in [3.05, 3.63) is 35.7 Å². The standard InChI is InChI=1S/C17H22FNO3/c1-22-16-8-4-12(10-15(16)18)5-9-17(21)19-14-6-2-13(11-20)3-7-14/h4-5,8-10,13-14,20H,2-3,6-7,11H2,1H3,(H,19,21)/b9-5+. The number of halogens is 1. The van der Waals surface area contributed by atoms with Gasteiger partial charge in [0.15, 0.2) is 11.6 Å². The predicted molar refractivity (Wildman–Crippen MR) is 83.0 cm³/mol. The molecule has 4 nitrogen and oxygen atoms in total. The first-order valence-corrected chi connectivity index (χ1v) is 7.55. The highest BCUT2D eigenvalue weighted by Crippen LogP contribution is 2.23. The molecule has 1 aliphatic carbocycles. The lowest BCUT2D eigenvalue weighted by atomic mass is 9.86. The van der Waals surface area contributed by atoms with Gasteiger partial charge in [0.2, 0.25) is 5.91 Å². The number of aliphatic hydroxyl groups is 1. The molecule has 5 heteroatoms. The van der Waals surface area contributed by atoms with E-state index >= 15 is 0 Å². The molecule has 0 saturated heterocycles. The maximum Gasteiger partial charge on any atom is 0.244 e. The Morgan fingerprint density at radius 2 is 2.14 bits per heavy atom. The summed E-state index contributed by atoms with van der Waals surface area (Å²) in [5, 5.41) is 12.0. The highest BCUT2D eigenvalue weighted by molar-refractivity contribution is 5.91. The number of carbonyl (C=O) groups excluding carboxylic acids is 1. The van der Waals surface area contributed by atoms with Crippen LogP contribution in [0, 0.1) is 11.7 Å². The Morgan fingerprint density at radius 1 is 1.41 bits per heavy atom. The molecule has 2 N–H and O–H groups in total. The summed E-state index contributed by atoms with van der Waals surface area (Å²) in [6.45, 7) is 0.226. The minimum atomic E-state index is -0.451. The van der Waals surface area contributed by atoms with Gasteiger partial charge in [-0.25, -0.2) is 4.39 Å². The van der Waals surface area contributed by atoms with Gasteiger partial charge in [0.25, 0.3) is 0 Å². The molecule has 0 aromatic heterocycles. The van der Waals surface area contributed by atoms with Crippen LogP contribution in [-0.2, 0) is 4.79 Å². The predicted octanol–water partition coefficient (Wildman–Crippen LogP) is 2.51. The van der Waals surface area contributed by atoms with Crippen molar-refractivity contribution in [3.8, 4) is 5.75 Å². The summed E-state index contributed by atoms with van der Waals surface area (Å²) < 4.78 is 18.4. The van der Waals surface area contributed by atoms with E-state index < -0.39 is 5.82 Å². The van der Waals surface area contributed by atoms with Crippen molar-refractivity contribution in [2.45, 2.75) is 31.7 Å². The third-order valence-electron chi connectivity index (χ3n) is 4.05. The average molecular weight is 307 g/mol. The number of methoxy groups -OCH3 is 1. The zero-order valence-electron chi connectivity index (χ0n) is 12.7. The number of carbonyl (C=O) groups is 1. The van der Waals surface area contributed by atoms with Gasteiger partial charge in [0.1, 0.15) is 0 Å². The van der Waals surface area contributed by atoms with Crippen molar-refractivity contribution in [2.24, 2.45) is 5.92 Å². The van der Waals surface area contributed by atoms with Crippen LogP contribution in [0.1, 0.15) is 31.2 Å². The number of nitrogens with one attached hydrogen (secondary N) is 1. The van der Waals surface area contributed by atoms with Crippen LogP contribution in [0.2, 0.25) is 0 Å². The molecule has 1 aliphatic rings. The van der Waals surface area contributed by atoms with Gasteiger partial charge in [-0.2, -0.15) is 0 Å². The molecule has 22 heavy (non-hydrogen) atoms. The van der Waals surface area contributed by atoms with Crippen molar-refractivity contribution < 1.29 is 19.0 Å². The first-order chi connectivity index (χ1) is 10.6. The summed E-state index contributed by atoms with van der Waals surface area (Å²) in [6.07, 6.45) is 6.66. The summed E-state index contributed by atoms with van der Waals surface area (Å²) in [6, 6.07) is 4.71. The van der Waals surface area contributed by atoms with Gasteiger partial charge < -0.3 is 15.2 Å². The summed E-state index contributed by atoms with van der Waals surface area (Å²) in [4.78, 5) is 11.9. The number of hydrogen-bond donors (Lipinski definition) is 2. The third kappa shape index (κ3) is 4.56. The zero-order valence-corrected chi connectivity index (χ0v) is 12.7. The lowest BCUT2D eigenvalue weighted by molar-refractivity contribution is -0.117. The van der Waals surface area contributed by atoms with Crippen LogP contribution in [0.25, 0.3) is 6.08 Å². The quantitative estimate of drug-likeness (QED) is 0.822. The van der Waals surface area contributed by atoms with Gasteiger partial charge >= 0.3 is 0 Å². The Kier molecular flexibility index (Phi) is 5.95. The topological polar surface area (TPSA) is 58.6 Å². The molecule has 1 aromatic carbocycles. The third-order valence-corrected chi connectivity index (χ3v) is 4.05. The highest BCUT2D eigenvalue weighted by Gasteiger charge is 2.21. The Labute approximate surface area is 130 Å². The Balaban J connectivity index is 1.85. The second-order valence-corrected chi connectivity index (χ2v) is 5.64. The van der Waals surface area contributed by atoms with Crippen LogP contribution in [0.4, 0.5) is 4.39 Å². The molecule has 0 atom stereocenters. The van der Waals surface area contributed by atoms with Gasteiger partial charge in [-0.3, -0.25) is 4.79 Å². The van der Waals surface area contributed by atoms with Crippen LogP contribution in [-0.4, -0.2) is 30.8 Å². The molecule has 1 fully saturated rings. The lowest BCUT2D eigenvalue weighted by Crippen LogP contribution is -2.37. The van der Waals surface area contributed by atoms with Crippen LogP contribution in [0.3, 0.4) is 0 Å². The summed E-state index contributed by atoms with van der Waals surface area (Å²) in [7, 11) is 1.41. The average Bonchev–Trinajstić information content (AvgIpc) is 2.54. The molecule has 0 unspecified atom stereocenters. The van der Waals surface area contributed by atoms with Gasteiger partial charge in [-0.05, 0) is 55.4 Å². The second kappa shape index (κ2) is 7.94. The van der Waals surface area contributed by atoms with Crippen molar-refractivity contribution in [1.29, 1.82) is 0 Å². The van der Waals surface area contributed by atoms with Crippen LogP contribution >= 0.6 is 0 Å². The molecule has 0 radical (unpaired) electrons. The van der Waals surface area contributed by atoms with Crippen molar-refractivity contribution >= 4 is 12.0 Å². The molecular formula is C17H22FNO3. The lowest BCUT2D eigenvalue weighted by Gasteiger charge is -2.27. The van der Waals surface area contributed by atoms with Crippen molar-refractivity contribution in [1.82, 2.24) is 5.32 Å². The van der Waals surface area contributed by atoms with Crippen LogP contribution in [0.5, 0.6) is 5.75 Å². The normalized spacial score (nSPS) is 21.8. The Bertz CT molecular complexity index is 537. The monoisotopic (exact) mass is 307 g/mol. The summed E-state index contributed by atoms with van der Waals surface area (Å²) in [5.74, 6) is -0.0794. The highest BCUT2D eigenvalue weighted by atomic mass is 19.1. The fraction of sp³-hybridized carbons (Fsp3) is 0.471. The summed E-state index contributed by atoms with van der Waals surface area (Å²) in [5.41, 5.74) is 0.609. The van der Waals surface area contributed by atoms with Crippen LogP contribution in [0.15, 0.2) is 24.3 Å². The SMILES string of the molecule is COc1ccc(/C=C/C(=O)NC2CCC(CO)CC2)cc1F. The smallest absolute Gasteiger partial charge is 0.244 e. The second-order valence-electron chi connectivity index (χ2n) is 5.64. The van der Waals surface area contributed by atoms with E-state index in [1.807, 2.05) is 0 Å². The van der Waals surface area contributed by atoms with Gasteiger partial charge in [0.05, 0.1) is 7.11 Å². The number of amides is 1. The van der Waals surface area contributed by atoms with E-state index in [0.717, 1.165) is 25.7 Å². The number of rotatable bonds is 5. The van der Waals surface area contributed by atoms with E-state index in [1.54, 1.807) is 12.1 Å². The van der Waals surface area contributed by atoms with E-state index in [2.05, 4.69) is 5.32 Å². The fourth-order valence-corrected chi connectivity index (χ4v) is 2.70. The molecule has 2 rings (SSSR count). The molecule has 1 saturated carbocycles. The van der Waals surface area contributed by atoms with E-state index in [4.69, 9.17) is 9.84 Å². The first-order valence-electron chi connectivity index (χ1n) is 7.55. The maximum absolute atomic E-state index is 13.5. The molecular weight excluding hydrogens is 285 g/mol. The van der Waals surface area contributed by atoms with E-state index in [-0.39, 0.29) is 24.3 Å². The van der Waals surface area contributed by atoms with Gasteiger partial charge in [-0.1, -0.05) is 6.07 Å². The number of benzene rings is 1. The molecule has 1 amide bonds. The van der Waals surface area contributed by atoms with Crippen molar-refractivity contribution in [3.63, 3.8) is 0 Å². The molecule has 0 heterocycles. The number of hydrogen-bond acceptors (Lipinski definition) is 3. The number of ether oxygens (including phenoxy) is 1. The largest absolute Gasteiger partial charge is 0.494 e. The minimum absolute atomic E-state index is 0.160. The first kappa shape index (κ1) is 16.5. The Hall–Kier alpha value is -1.88. The molecule has 120 valence electrons.